The van der Waals surface area contributed by atoms with Crippen LogP contribution in [-0.2, 0) is 14.8 Å². The summed E-state index contributed by atoms with van der Waals surface area (Å²) in [7, 11) is 2.76. The number of hydrogen-bond acceptors (Lipinski definition) is 4. The number of phenols is 1. The van der Waals surface area contributed by atoms with Crippen LogP contribution in [0.4, 0.5) is 0 Å². The lowest BCUT2D eigenvalue weighted by Crippen LogP contribution is -1.96. The zero-order valence-corrected chi connectivity index (χ0v) is 10.0. The third kappa shape index (κ3) is 3.44. The smallest absolute Gasteiger partial charge is 0.236 e. The molecule has 0 aliphatic heterocycles. The van der Waals surface area contributed by atoms with Gasteiger partial charge in [0.15, 0.2) is 0 Å². The molecular formula is C8H8Cl2O4S. The summed E-state index contributed by atoms with van der Waals surface area (Å²) in [6.45, 7) is 0. The van der Waals surface area contributed by atoms with Crippen LogP contribution in [0.15, 0.2) is 12.1 Å². The normalized spacial score (nSPS) is 11.4. The van der Waals surface area contributed by atoms with Gasteiger partial charge in [-0.25, -0.2) is 8.42 Å². The first-order chi connectivity index (χ1) is 6.83. The lowest BCUT2D eigenvalue weighted by atomic mass is 10.2. The first-order valence-corrected chi connectivity index (χ1v) is 6.67. The highest BCUT2D eigenvalue weighted by Gasteiger charge is 2.13. The summed E-state index contributed by atoms with van der Waals surface area (Å²) in [6.07, 6.45) is 0. The van der Waals surface area contributed by atoms with Gasteiger partial charge in [-0.15, -0.1) is 0 Å². The van der Waals surface area contributed by atoms with E-state index in [1.165, 1.54) is 19.2 Å². The van der Waals surface area contributed by atoms with Gasteiger partial charge in [0.2, 0.25) is 9.05 Å². The molecule has 1 rings (SSSR count). The van der Waals surface area contributed by atoms with Crippen molar-refractivity contribution in [1.82, 2.24) is 0 Å². The van der Waals surface area contributed by atoms with Crippen LogP contribution in [0.5, 0.6) is 11.5 Å². The molecule has 0 spiro atoms. The van der Waals surface area contributed by atoms with Gasteiger partial charge in [-0.3, -0.25) is 0 Å². The van der Waals surface area contributed by atoms with E-state index >= 15 is 0 Å². The molecule has 1 aromatic rings. The molecule has 0 aliphatic rings. The highest BCUT2D eigenvalue weighted by Crippen LogP contribution is 2.35. The Hall–Kier alpha value is -0.650. The second-order valence-corrected chi connectivity index (χ2v) is 5.97. The molecule has 0 aromatic heterocycles. The van der Waals surface area contributed by atoms with Crippen LogP contribution in [0.2, 0.25) is 5.02 Å². The summed E-state index contributed by atoms with van der Waals surface area (Å²) >= 11 is 5.68. The quantitative estimate of drug-likeness (QED) is 0.855. The largest absolute Gasteiger partial charge is 0.506 e. The van der Waals surface area contributed by atoms with E-state index in [1.807, 2.05) is 0 Å². The van der Waals surface area contributed by atoms with Crippen LogP contribution >= 0.6 is 22.3 Å². The van der Waals surface area contributed by atoms with Crippen molar-refractivity contribution in [2.45, 2.75) is 5.75 Å². The Kier molecular flexibility index (Phi) is 3.70. The van der Waals surface area contributed by atoms with Gasteiger partial charge in [0.25, 0.3) is 0 Å². The fourth-order valence-electron chi connectivity index (χ4n) is 1.07. The van der Waals surface area contributed by atoms with Crippen LogP contribution in [0, 0.1) is 0 Å². The second kappa shape index (κ2) is 4.47. The van der Waals surface area contributed by atoms with Gasteiger partial charge in [-0.05, 0) is 17.7 Å². The number of phenolic OH excluding ortho intramolecular Hbond substituents is 1. The van der Waals surface area contributed by atoms with Crippen molar-refractivity contribution in [3.8, 4) is 11.5 Å². The highest BCUT2D eigenvalue weighted by atomic mass is 35.7. The predicted octanol–water partition coefficient (Wildman–Crippen LogP) is 2.12. The standard InChI is InChI=1S/C8H8Cl2O4S/c1-14-7-3-5(4-15(10,12)13)2-6(11)8(7)9/h2-3,11H,4H2,1H3. The van der Waals surface area contributed by atoms with E-state index in [2.05, 4.69) is 0 Å². The van der Waals surface area contributed by atoms with E-state index in [0.717, 1.165) is 0 Å². The van der Waals surface area contributed by atoms with E-state index in [9.17, 15) is 13.5 Å². The van der Waals surface area contributed by atoms with Gasteiger partial charge >= 0.3 is 0 Å². The summed E-state index contributed by atoms with van der Waals surface area (Å²) in [5.74, 6) is -0.436. The first kappa shape index (κ1) is 12.4. The Morgan fingerprint density at radius 3 is 2.53 bits per heavy atom. The van der Waals surface area contributed by atoms with Gasteiger partial charge in [-0.2, -0.15) is 0 Å². The molecule has 15 heavy (non-hydrogen) atoms. The van der Waals surface area contributed by atoms with Gasteiger partial charge in [0, 0.05) is 10.7 Å². The van der Waals surface area contributed by atoms with Crippen molar-refractivity contribution in [2.24, 2.45) is 0 Å². The number of rotatable bonds is 3. The van der Waals surface area contributed by atoms with Crippen LogP contribution in [0.3, 0.4) is 0 Å². The van der Waals surface area contributed by atoms with Gasteiger partial charge in [0.1, 0.15) is 16.5 Å². The molecule has 0 radical (unpaired) electrons. The van der Waals surface area contributed by atoms with Gasteiger partial charge in [-0.1, -0.05) is 11.6 Å². The fraction of sp³-hybridized carbons (Fsp3) is 0.250. The highest BCUT2D eigenvalue weighted by molar-refractivity contribution is 8.13. The number of ether oxygens (including phenoxy) is 1. The Morgan fingerprint density at radius 1 is 1.47 bits per heavy atom. The third-order valence-corrected chi connectivity index (χ3v) is 3.02. The minimum atomic E-state index is -3.67. The molecule has 0 atom stereocenters. The number of benzene rings is 1. The molecule has 0 unspecified atom stereocenters. The zero-order valence-electron chi connectivity index (χ0n) is 7.70. The maximum Gasteiger partial charge on any atom is 0.236 e. The monoisotopic (exact) mass is 270 g/mol. The Labute approximate surface area is 96.8 Å². The minimum Gasteiger partial charge on any atom is -0.506 e. The van der Waals surface area contributed by atoms with Crippen molar-refractivity contribution < 1.29 is 18.3 Å². The summed E-state index contributed by atoms with van der Waals surface area (Å²) in [6, 6.07) is 2.63. The van der Waals surface area contributed by atoms with E-state index in [1.54, 1.807) is 0 Å². The fourth-order valence-corrected chi connectivity index (χ4v) is 2.20. The van der Waals surface area contributed by atoms with Crippen molar-refractivity contribution in [2.75, 3.05) is 7.11 Å². The van der Waals surface area contributed by atoms with E-state index in [-0.39, 0.29) is 16.5 Å². The van der Waals surface area contributed by atoms with Crippen LogP contribution in [-0.4, -0.2) is 20.6 Å². The molecular weight excluding hydrogens is 263 g/mol. The SMILES string of the molecule is COc1cc(CS(=O)(=O)Cl)cc(O)c1Cl. The van der Waals surface area contributed by atoms with Crippen molar-refractivity contribution in [3.05, 3.63) is 22.7 Å². The predicted molar refractivity (Wildman–Crippen MR) is 58.1 cm³/mol. The molecule has 0 saturated carbocycles. The lowest BCUT2D eigenvalue weighted by Gasteiger charge is -2.07. The van der Waals surface area contributed by atoms with E-state index in [0.29, 0.717) is 5.56 Å². The Bertz CT molecular complexity index is 470. The van der Waals surface area contributed by atoms with Crippen molar-refractivity contribution in [3.63, 3.8) is 0 Å². The lowest BCUT2D eigenvalue weighted by molar-refractivity contribution is 0.407. The molecule has 0 heterocycles. The average Bonchev–Trinajstić information content (AvgIpc) is 2.08. The molecule has 84 valence electrons. The maximum absolute atomic E-state index is 10.8. The Morgan fingerprint density at radius 2 is 2.07 bits per heavy atom. The molecule has 0 aliphatic carbocycles. The molecule has 1 N–H and O–H groups in total. The van der Waals surface area contributed by atoms with Crippen LogP contribution in [0.1, 0.15) is 5.56 Å². The maximum atomic E-state index is 10.8. The van der Waals surface area contributed by atoms with Crippen molar-refractivity contribution >= 4 is 31.3 Å². The molecule has 7 heteroatoms. The zero-order chi connectivity index (χ0) is 11.6. The average molecular weight is 271 g/mol. The summed E-state index contributed by atoms with van der Waals surface area (Å²) in [4.78, 5) is 0. The first-order valence-electron chi connectivity index (χ1n) is 3.81. The number of methoxy groups -OCH3 is 1. The van der Waals surface area contributed by atoms with Crippen LogP contribution in [0.25, 0.3) is 0 Å². The summed E-state index contributed by atoms with van der Waals surface area (Å²) in [5.41, 5.74) is 0.309. The van der Waals surface area contributed by atoms with Gasteiger partial charge in [0.05, 0.1) is 12.9 Å². The molecule has 0 bridgehead atoms. The number of halogens is 2. The number of hydrogen-bond donors (Lipinski definition) is 1. The van der Waals surface area contributed by atoms with Crippen molar-refractivity contribution in [1.29, 1.82) is 0 Å². The molecule has 4 nitrogen and oxygen atoms in total. The van der Waals surface area contributed by atoms with Crippen LogP contribution < -0.4 is 4.74 Å². The number of aromatic hydroxyl groups is 1. The molecule has 0 saturated heterocycles. The summed E-state index contributed by atoms with van der Waals surface area (Å²) < 4.78 is 26.5. The molecule has 0 amide bonds. The summed E-state index contributed by atoms with van der Waals surface area (Å²) in [5, 5.41) is 9.39. The Balaban J connectivity index is 3.17. The second-order valence-electron chi connectivity index (χ2n) is 2.81. The minimum absolute atomic E-state index is 0.0354. The molecule has 1 aromatic carbocycles. The van der Waals surface area contributed by atoms with Gasteiger partial charge < -0.3 is 9.84 Å². The molecule has 0 fully saturated rings. The topological polar surface area (TPSA) is 63.6 Å². The van der Waals surface area contributed by atoms with E-state index in [4.69, 9.17) is 27.0 Å². The van der Waals surface area contributed by atoms with E-state index < -0.39 is 14.8 Å². The third-order valence-electron chi connectivity index (χ3n) is 1.64.